The van der Waals surface area contributed by atoms with Gasteiger partial charge < -0.3 is 19.5 Å². The summed E-state index contributed by atoms with van der Waals surface area (Å²) < 4.78 is 11.4. The third kappa shape index (κ3) is 5.40. The number of Topliss-reactive ketones (excluding diaryl/α,β-unsaturated/α-hetero) is 1. The van der Waals surface area contributed by atoms with Crippen molar-refractivity contribution in [2.24, 2.45) is 0 Å². The van der Waals surface area contributed by atoms with Gasteiger partial charge in [-0.25, -0.2) is 0 Å². The second kappa shape index (κ2) is 11.5. The van der Waals surface area contributed by atoms with Crippen molar-refractivity contribution in [3.63, 3.8) is 0 Å². The molecule has 2 heterocycles. The van der Waals surface area contributed by atoms with Gasteiger partial charge in [-0.15, -0.1) is 0 Å². The van der Waals surface area contributed by atoms with E-state index in [-0.39, 0.29) is 17.9 Å². The van der Waals surface area contributed by atoms with Crippen LogP contribution in [0.2, 0.25) is 0 Å². The maximum atomic E-state index is 13.3. The zero-order valence-electron chi connectivity index (χ0n) is 20.5. The van der Waals surface area contributed by atoms with Crippen LogP contribution in [-0.2, 0) is 16.1 Å². The van der Waals surface area contributed by atoms with Crippen molar-refractivity contribution in [3.05, 3.63) is 95.3 Å². The second-order valence-corrected chi connectivity index (χ2v) is 8.58. The Kier molecular flexibility index (Phi) is 8.00. The van der Waals surface area contributed by atoms with E-state index in [0.717, 1.165) is 18.4 Å². The van der Waals surface area contributed by atoms with E-state index in [4.69, 9.17) is 9.47 Å². The van der Waals surface area contributed by atoms with E-state index in [1.807, 2.05) is 44.2 Å². The van der Waals surface area contributed by atoms with Gasteiger partial charge in [0, 0.05) is 24.5 Å². The fourth-order valence-electron chi connectivity index (χ4n) is 4.15. The Morgan fingerprint density at radius 3 is 2.33 bits per heavy atom. The van der Waals surface area contributed by atoms with Crippen molar-refractivity contribution in [2.45, 2.75) is 39.3 Å². The van der Waals surface area contributed by atoms with Crippen LogP contribution < -0.4 is 9.47 Å². The molecule has 7 heteroatoms. The number of carbonyl (C=O) groups excluding carboxylic acids is 2. The first-order valence-electron chi connectivity index (χ1n) is 12.2. The number of ketones is 1. The predicted molar refractivity (Wildman–Crippen MR) is 137 cm³/mol. The lowest BCUT2D eigenvalue weighted by atomic mass is 9.95. The van der Waals surface area contributed by atoms with Crippen molar-refractivity contribution >= 4 is 17.4 Å². The number of pyridine rings is 1. The maximum Gasteiger partial charge on any atom is 0.295 e. The summed E-state index contributed by atoms with van der Waals surface area (Å²) in [5.74, 6) is -0.354. The molecule has 36 heavy (non-hydrogen) atoms. The number of hydrogen-bond donors (Lipinski definition) is 1. The van der Waals surface area contributed by atoms with Gasteiger partial charge in [-0.1, -0.05) is 44.2 Å². The number of aliphatic hydroxyl groups excluding tert-OH is 1. The first-order valence-corrected chi connectivity index (χ1v) is 12.2. The molecule has 0 bridgehead atoms. The largest absolute Gasteiger partial charge is 0.507 e. The highest BCUT2D eigenvalue weighted by atomic mass is 16.5. The van der Waals surface area contributed by atoms with E-state index >= 15 is 0 Å². The van der Waals surface area contributed by atoms with Crippen LogP contribution in [0.15, 0.2) is 78.6 Å². The molecule has 1 N–H and O–H groups in total. The highest BCUT2D eigenvalue weighted by Crippen LogP contribution is 2.41. The average molecular weight is 487 g/mol. The van der Waals surface area contributed by atoms with Crippen molar-refractivity contribution in [1.29, 1.82) is 0 Å². The Hall–Kier alpha value is -4.13. The maximum absolute atomic E-state index is 13.3. The lowest BCUT2D eigenvalue weighted by Crippen LogP contribution is -2.29. The summed E-state index contributed by atoms with van der Waals surface area (Å²) >= 11 is 0. The quantitative estimate of drug-likeness (QED) is 0.238. The van der Waals surface area contributed by atoms with Gasteiger partial charge in [0.15, 0.2) is 0 Å². The monoisotopic (exact) mass is 486 g/mol. The van der Waals surface area contributed by atoms with Crippen molar-refractivity contribution in [1.82, 2.24) is 9.88 Å². The number of hydrogen-bond acceptors (Lipinski definition) is 6. The minimum Gasteiger partial charge on any atom is -0.507 e. The smallest absolute Gasteiger partial charge is 0.295 e. The number of aliphatic hydroxyl groups is 1. The molecule has 1 aliphatic rings. The third-order valence-electron chi connectivity index (χ3n) is 5.86. The number of ether oxygens (including phenoxy) is 2. The Morgan fingerprint density at radius 1 is 0.944 bits per heavy atom. The second-order valence-electron chi connectivity index (χ2n) is 8.58. The average Bonchev–Trinajstić information content (AvgIpc) is 3.16. The van der Waals surface area contributed by atoms with E-state index in [1.165, 1.54) is 4.90 Å². The summed E-state index contributed by atoms with van der Waals surface area (Å²) in [6, 6.07) is 17.0. The van der Waals surface area contributed by atoms with Gasteiger partial charge in [-0.05, 0) is 54.3 Å². The number of nitrogens with zero attached hydrogens (tertiary/aromatic N) is 2. The van der Waals surface area contributed by atoms with Crippen molar-refractivity contribution in [2.75, 3.05) is 13.2 Å². The topological polar surface area (TPSA) is 89.0 Å². The molecule has 1 unspecified atom stereocenters. The summed E-state index contributed by atoms with van der Waals surface area (Å²) in [6.07, 6.45) is 5.03. The van der Waals surface area contributed by atoms with Crippen LogP contribution in [0.25, 0.3) is 5.76 Å². The molecule has 1 aromatic heterocycles. The van der Waals surface area contributed by atoms with Crippen LogP contribution in [0, 0.1) is 0 Å². The fraction of sp³-hybridized carbons (Fsp3) is 0.276. The molecule has 7 nitrogen and oxygen atoms in total. The number of rotatable bonds is 10. The molecule has 0 saturated carbocycles. The number of amides is 1. The van der Waals surface area contributed by atoms with Crippen LogP contribution in [0.1, 0.15) is 49.4 Å². The van der Waals surface area contributed by atoms with Crippen LogP contribution in [0.5, 0.6) is 11.5 Å². The fourth-order valence-corrected chi connectivity index (χ4v) is 4.15. The zero-order valence-corrected chi connectivity index (χ0v) is 20.5. The number of likely N-dealkylation sites (tertiary alicyclic amines) is 1. The normalized spacial score (nSPS) is 16.8. The SMILES string of the molecule is CCCOc1ccc(C2/C(=C(\O)c3cccc(OCCC)c3)C(=O)C(=O)N2Cc2cccnc2)cc1. The summed E-state index contributed by atoms with van der Waals surface area (Å²) in [4.78, 5) is 32.1. The standard InChI is InChI=1S/C29H30N2O5/c1-3-15-35-23-12-10-21(11-13-23)26-25(27(32)22-8-5-9-24(17-22)36-16-4-2)28(33)29(34)31(26)19-20-7-6-14-30-18-20/h5-14,17-18,26,32H,3-4,15-16,19H2,1-2H3/b27-25+. The van der Waals surface area contributed by atoms with Crippen molar-refractivity contribution < 1.29 is 24.2 Å². The molecule has 4 rings (SSSR count). The van der Waals surface area contributed by atoms with Crippen LogP contribution in [-0.4, -0.2) is 39.9 Å². The molecule has 1 atom stereocenters. The van der Waals surface area contributed by atoms with Crippen LogP contribution in [0.4, 0.5) is 0 Å². The molecule has 1 aliphatic heterocycles. The molecule has 2 aromatic carbocycles. The molecule has 0 aliphatic carbocycles. The first-order chi connectivity index (χ1) is 17.5. The molecule has 3 aromatic rings. The van der Waals surface area contributed by atoms with E-state index in [2.05, 4.69) is 4.98 Å². The molecular weight excluding hydrogens is 456 g/mol. The molecule has 0 radical (unpaired) electrons. The van der Waals surface area contributed by atoms with Gasteiger partial charge in [0.05, 0.1) is 24.8 Å². The van der Waals surface area contributed by atoms with Crippen LogP contribution in [0.3, 0.4) is 0 Å². The Balaban J connectivity index is 1.78. The van der Waals surface area contributed by atoms with E-state index in [0.29, 0.717) is 35.8 Å². The summed E-state index contributed by atoms with van der Waals surface area (Å²) in [7, 11) is 0. The van der Waals surface area contributed by atoms with E-state index in [9.17, 15) is 14.7 Å². The minimum absolute atomic E-state index is 0.0405. The van der Waals surface area contributed by atoms with Gasteiger partial charge in [0.1, 0.15) is 17.3 Å². The number of aromatic nitrogens is 1. The number of benzene rings is 2. The van der Waals surface area contributed by atoms with E-state index < -0.39 is 17.7 Å². The summed E-state index contributed by atoms with van der Waals surface area (Å²) in [5, 5.41) is 11.3. The third-order valence-corrected chi connectivity index (χ3v) is 5.86. The van der Waals surface area contributed by atoms with Crippen LogP contribution >= 0.6 is 0 Å². The molecular formula is C29H30N2O5. The molecule has 1 saturated heterocycles. The van der Waals surface area contributed by atoms with Gasteiger partial charge >= 0.3 is 0 Å². The number of carbonyl (C=O) groups is 2. The zero-order chi connectivity index (χ0) is 25.5. The van der Waals surface area contributed by atoms with Gasteiger partial charge in [-0.3, -0.25) is 14.6 Å². The van der Waals surface area contributed by atoms with Gasteiger partial charge in [0.25, 0.3) is 11.7 Å². The molecule has 1 fully saturated rings. The highest BCUT2D eigenvalue weighted by molar-refractivity contribution is 6.46. The Bertz CT molecular complexity index is 1240. The van der Waals surface area contributed by atoms with E-state index in [1.54, 1.807) is 42.7 Å². The predicted octanol–water partition coefficient (Wildman–Crippen LogP) is 5.28. The minimum atomic E-state index is -0.773. The highest BCUT2D eigenvalue weighted by Gasteiger charge is 2.46. The summed E-state index contributed by atoms with van der Waals surface area (Å²) in [5.41, 5.74) is 1.93. The van der Waals surface area contributed by atoms with Crippen molar-refractivity contribution in [3.8, 4) is 11.5 Å². The van der Waals surface area contributed by atoms with Gasteiger partial charge in [0.2, 0.25) is 0 Å². The molecule has 1 amide bonds. The first kappa shape index (κ1) is 25.0. The lowest BCUT2D eigenvalue weighted by molar-refractivity contribution is -0.140. The molecule has 186 valence electrons. The molecule has 0 spiro atoms. The summed E-state index contributed by atoms with van der Waals surface area (Å²) in [6.45, 7) is 5.34. The van der Waals surface area contributed by atoms with Gasteiger partial charge in [-0.2, -0.15) is 0 Å². The lowest BCUT2D eigenvalue weighted by Gasteiger charge is -2.25. The Labute approximate surface area is 211 Å². The Morgan fingerprint density at radius 2 is 1.67 bits per heavy atom.